The number of benzene rings is 1. The van der Waals surface area contributed by atoms with E-state index < -0.39 is 5.97 Å². The zero-order valence-electron chi connectivity index (χ0n) is 10.1. The molecule has 1 aromatic carbocycles. The summed E-state index contributed by atoms with van der Waals surface area (Å²) >= 11 is 0. The molecule has 1 aromatic rings. The van der Waals surface area contributed by atoms with E-state index >= 15 is 0 Å². The Labute approximate surface area is 101 Å². The van der Waals surface area contributed by atoms with Gasteiger partial charge in [-0.15, -0.1) is 0 Å². The molecule has 3 heteroatoms. The van der Waals surface area contributed by atoms with Crippen molar-refractivity contribution in [2.75, 3.05) is 0 Å². The molecule has 0 bridgehead atoms. The van der Waals surface area contributed by atoms with Gasteiger partial charge in [-0.2, -0.15) is 0 Å². The number of Topliss-reactive ketones (excluding diaryl/α,β-unsaturated/α-hetero) is 1. The van der Waals surface area contributed by atoms with Crippen LogP contribution >= 0.6 is 0 Å². The van der Waals surface area contributed by atoms with Crippen LogP contribution in [-0.4, -0.2) is 16.9 Å². The minimum Gasteiger partial charge on any atom is -0.481 e. The topological polar surface area (TPSA) is 54.4 Å². The van der Waals surface area contributed by atoms with Crippen molar-refractivity contribution < 1.29 is 14.7 Å². The van der Waals surface area contributed by atoms with Crippen molar-refractivity contribution in [3.63, 3.8) is 0 Å². The van der Waals surface area contributed by atoms with Gasteiger partial charge in [-0.1, -0.05) is 37.6 Å². The lowest BCUT2D eigenvalue weighted by Crippen LogP contribution is -2.08. The summed E-state index contributed by atoms with van der Waals surface area (Å²) in [7, 11) is 0. The average molecular weight is 234 g/mol. The van der Waals surface area contributed by atoms with Crippen molar-refractivity contribution in [3.8, 4) is 0 Å². The van der Waals surface area contributed by atoms with Gasteiger partial charge in [-0.3, -0.25) is 9.59 Å². The van der Waals surface area contributed by atoms with E-state index in [1.807, 2.05) is 19.1 Å². The summed E-state index contributed by atoms with van der Waals surface area (Å²) in [6.07, 6.45) is 2.82. The van der Waals surface area contributed by atoms with E-state index in [0.717, 1.165) is 24.0 Å². The smallest absolute Gasteiger partial charge is 0.307 e. The molecular weight excluding hydrogens is 216 g/mol. The molecule has 1 N–H and O–H groups in total. The Hall–Kier alpha value is -1.64. The molecule has 0 unspecified atom stereocenters. The number of ketones is 1. The van der Waals surface area contributed by atoms with E-state index in [0.29, 0.717) is 12.8 Å². The van der Waals surface area contributed by atoms with Crippen molar-refractivity contribution >= 4 is 11.8 Å². The lowest BCUT2D eigenvalue weighted by Gasteiger charge is -2.06. The van der Waals surface area contributed by atoms with Gasteiger partial charge in [0.2, 0.25) is 0 Å². The number of carbonyl (C=O) groups is 2. The lowest BCUT2D eigenvalue weighted by atomic mass is 9.98. The van der Waals surface area contributed by atoms with Gasteiger partial charge in [0.05, 0.1) is 6.42 Å². The normalized spacial score (nSPS) is 10.2. The van der Waals surface area contributed by atoms with E-state index in [1.54, 1.807) is 12.1 Å². The Morgan fingerprint density at radius 1 is 1.12 bits per heavy atom. The molecule has 0 amide bonds. The summed E-state index contributed by atoms with van der Waals surface area (Å²) in [5.41, 5.74) is 1.58. The SMILES string of the molecule is CCCCC(=O)Cc1ccccc1CC(=O)O. The fraction of sp³-hybridized carbons (Fsp3) is 0.429. The number of unbranched alkanes of at least 4 members (excludes halogenated alkanes) is 1. The Balaban J connectivity index is 2.69. The van der Waals surface area contributed by atoms with Crippen LogP contribution in [0.1, 0.15) is 37.3 Å². The van der Waals surface area contributed by atoms with Crippen LogP contribution in [0.25, 0.3) is 0 Å². The molecule has 0 radical (unpaired) electrons. The maximum Gasteiger partial charge on any atom is 0.307 e. The van der Waals surface area contributed by atoms with Crippen molar-refractivity contribution in [3.05, 3.63) is 35.4 Å². The highest BCUT2D eigenvalue weighted by molar-refractivity contribution is 5.81. The molecule has 0 saturated heterocycles. The Kier molecular flexibility index (Phi) is 5.40. The Bertz CT molecular complexity index is 396. The van der Waals surface area contributed by atoms with Crippen molar-refractivity contribution in [2.24, 2.45) is 0 Å². The number of carboxylic acid groups (broad SMARTS) is 1. The van der Waals surface area contributed by atoms with E-state index in [1.165, 1.54) is 0 Å². The van der Waals surface area contributed by atoms with Gasteiger partial charge in [0.15, 0.2) is 0 Å². The van der Waals surface area contributed by atoms with Crippen LogP contribution < -0.4 is 0 Å². The molecule has 0 aliphatic heterocycles. The minimum absolute atomic E-state index is 0.0166. The summed E-state index contributed by atoms with van der Waals surface area (Å²) in [5.74, 6) is -0.678. The van der Waals surface area contributed by atoms with Gasteiger partial charge < -0.3 is 5.11 Å². The molecular formula is C14H18O3. The van der Waals surface area contributed by atoms with E-state index in [-0.39, 0.29) is 12.2 Å². The maximum atomic E-state index is 11.7. The second kappa shape index (κ2) is 6.84. The fourth-order valence-electron chi connectivity index (χ4n) is 1.74. The predicted molar refractivity (Wildman–Crippen MR) is 66.0 cm³/mol. The second-order valence-electron chi connectivity index (χ2n) is 4.16. The largest absolute Gasteiger partial charge is 0.481 e. The highest BCUT2D eigenvalue weighted by atomic mass is 16.4. The first-order chi connectivity index (χ1) is 8.13. The average Bonchev–Trinajstić information content (AvgIpc) is 2.28. The Morgan fingerprint density at radius 2 is 1.71 bits per heavy atom. The Morgan fingerprint density at radius 3 is 2.24 bits per heavy atom. The molecule has 3 nitrogen and oxygen atoms in total. The first-order valence-corrected chi connectivity index (χ1v) is 5.93. The molecule has 1 rings (SSSR count). The third-order valence-electron chi connectivity index (χ3n) is 2.66. The van der Waals surface area contributed by atoms with Crippen LogP contribution in [0.2, 0.25) is 0 Å². The quantitative estimate of drug-likeness (QED) is 0.789. The molecule has 0 atom stereocenters. The van der Waals surface area contributed by atoms with Crippen LogP contribution in [0.15, 0.2) is 24.3 Å². The van der Waals surface area contributed by atoms with Crippen molar-refractivity contribution in [1.82, 2.24) is 0 Å². The van der Waals surface area contributed by atoms with Crippen LogP contribution in [0.4, 0.5) is 0 Å². The van der Waals surface area contributed by atoms with Gasteiger partial charge in [-0.05, 0) is 17.5 Å². The standard InChI is InChI=1S/C14H18O3/c1-2-3-8-13(15)9-11-6-4-5-7-12(11)10-14(16)17/h4-7H,2-3,8-10H2,1H3,(H,16,17). The molecule has 0 aromatic heterocycles. The molecule has 0 aliphatic rings. The highest BCUT2D eigenvalue weighted by Gasteiger charge is 2.09. The first-order valence-electron chi connectivity index (χ1n) is 5.93. The predicted octanol–water partition coefficient (Wildman–Crippen LogP) is 2.62. The number of hydrogen-bond acceptors (Lipinski definition) is 2. The number of hydrogen-bond donors (Lipinski definition) is 1. The zero-order valence-corrected chi connectivity index (χ0v) is 10.1. The molecule has 17 heavy (non-hydrogen) atoms. The fourth-order valence-corrected chi connectivity index (χ4v) is 1.74. The van der Waals surface area contributed by atoms with Gasteiger partial charge in [-0.25, -0.2) is 0 Å². The number of aliphatic carboxylic acids is 1. The monoisotopic (exact) mass is 234 g/mol. The molecule has 0 aliphatic carbocycles. The van der Waals surface area contributed by atoms with Crippen LogP contribution in [0.3, 0.4) is 0 Å². The zero-order chi connectivity index (χ0) is 12.7. The van der Waals surface area contributed by atoms with Crippen molar-refractivity contribution in [2.45, 2.75) is 39.0 Å². The van der Waals surface area contributed by atoms with Gasteiger partial charge in [0, 0.05) is 12.8 Å². The summed E-state index contributed by atoms with van der Waals surface area (Å²) in [4.78, 5) is 22.4. The molecule has 0 spiro atoms. The minimum atomic E-state index is -0.863. The molecule has 92 valence electrons. The van der Waals surface area contributed by atoms with E-state index in [9.17, 15) is 9.59 Å². The van der Waals surface area contributed by atoms with E-state index in [4.69, 9.17) is 5.11 Å². The number of rotatable bonds is 7. The highest BCUT2D eigenvalue weighted by Crippen LogP contribution is 2.12. The van der Waals surface area contributed by atoms with Crippen LogP contribution in [0, 0.1) is 0 Å². The third-order valence-corrected chi connectivity index (χ3v) is 2.66. The molecule has 0 heterocycles. The van der Waals surface area contributed by atoms with Crippen LogP contribution in [0.5, 0.6) is 0 Å². The van der Waals surface area contributed by atoms with Gasteiger partial charge >= 0.3 is 5.97 Å². The second-order valence-corrected chi connectivity index (χ2v) is 4.16. The maximum absolute atomic E-state index is 11.7. The number of carboxylic acids is 1. The molecule has 0 saturated carbocycles. The summed E-state index contributed by atoms with van der Waals surface area (Å²) in [5, 5.41) is 8.78. The van der Waals surface area contributed by atoms with E-state index in [2.05, 4.69) is 0 Å². The summed E-state index contributed by atoms with van der Waals surface area (Å²) in [6.45, 7) is 2.05. The lowest BCUT2D eigenvalue weighted by molar-refractivity contribution is -0.136. The first kappa shape index (κ1) is 13.4. The van der Waals surface area contributed by atoms with Crippen molar-refractivity contribution in [1.29, 1.82) is 0 Å². The summed E-state index contributed by atoms with van der Waals surface area (Å²) in [6, 6.07) is 7.25. The van der Waals surface area contributed by atoms with Gasteiger partial charge in [0.25, 0.3) is 0 Å². The molecule has 0 fully saturated rings. The van der Waals surface area contributed by atoms with Crippen LogP contribution in [-0.2, 0) is 22.4 Å². The third kappa shape index (κ3) is 4.81. The number of carbonyl (C=O) groups excluding carboxylic acids is 1. The summed E-state index contributed by atoms with van der Waals surface area (Å²) < 4.78 is 0. The van der Waals surface area contributed by atoms with Gasteiger partial charge in [0.1, 0.15) is 5.78 Å².